The predicted octanol–water partition coefficient (Wildman–Crippen LogP) is 4.06. The number of carbonyl (C=O) groups excluding carboxylic acids is 1. The standard InChI is InChI=1S/C23H29NO5/c1-23(2)14-18(17-9-8-16(26-3)13-20(17)29-23)24-22(25)11-7-15-6-10-19(27-4)21(12-15)28-5/h6,8-10,12-13,18H,7,11,14H2,1-5H3,(H,24,25)/t18-/m1/s1. The summed E-state index contributed by atoms with van der Waals surface area (Å²) in [6.45, 7) is 4.05. The topological polar surface area (TPSA) is 66.0 Å². The molecule has 6 heteroatoms. The van der Waals surface area contributed by atoms with E-state index in [-0.39, 0.29) is 17.6 Å². The molecule has 3 rings (SSSR count). The minimum atomic E-state index is -0.374. The highest BCUT2D eigenvalue weighted by atomic mass is 16.5. The van der Waals surface area contributed by atoms with Gasteiger partial charge in [0, 0.05) is 24.5 Å². The molecule has 0 aromatic heterocycles. The van der Waals surface area contributed by atoms with E-state index in [1.54, 1.807) is 21.3 Å². The number of amides is 1. The summed E-state index contributed by atoms with van der Waals surface area (Å²) in [5.74, 6) is 2.84. The molecule has 29 heavy (non-hydrogen) atoms. The monoisotopic (exact) mass is 399 g/mol. The minimum absolute atomic E-state index is 0.00394. The van der Waals surface area contributed by atoms with E-state index in [4.69, 9.17) is 18.9 Å². The molecule has 1 aliphatic rings. The molecule has 2 aromatic carbocycles. The molecule has 0 saturated heterocycles. The summed E-state index contributed by atoms with van der Waals surface area (Å²) in [6, 6.07) is 11.3. The maximum atomic E-state index is 12.7. The van der Waals surface area contributed by atoms with Crippen LogP contribution in [0.4, 0.5) is 0 Å². The summed E-state index contributed by atoms with van der Waals surface area (Å²) < 4.78 is 22.0. The van der Waals surface area contributed by atoms with Crippen LogP contribution in [0.5, 0.6) is 23.0 Å². The summed E-state index contributed by atoms with van der Waals surface area (Å²) in [5.41, 5.74) is 1.63. The molecule has 1 amide bonds. The molecule has 1 atom stereocenters. The van der Waals surface area contributed by atoms with Gasteiger partial charge in [-0.1, -0.05) is 6.07 Å². The molecule has 2 aromatic rings. The summed E-state index contributed by atoms with van der Waals surface area (Å²) >= 11 is 0. The Balaban J connectivity index is 1.68. The second kappa shape index (κ2) is 8.64. The van der Waals surface area contributed by atoms with Crippen LogP contribution < -0.4 is 24.3 Å². The summed E-state index contributed by atoms with van der Waals surface area (Å²) in [6.07, 6.45) is 1.71. The van der Waals surface area contributed by atoms with Crippen LogP contribution in [0.2, 0.25) is 0 Å². The average Bonchev–Trinajstić information content (AvgIpc) is 2.70. The molecule has 1 aliphatic heterocycles. The first-order chi connectivity index (χ1) is 13.8. The van der Waals surface area contributed by atoms with Crippen molar-refractivity contribution in [1.29, 1.82) is 0 Å². The van der Waals surface area contributed by atoms with Gasteiger partial charge in [0.1, 0.15) is 17.1 Å². The van der Waals surface area contributed by atoms with E-state index in [1.165, 1.54) is 0 Å². The lowest BCUT2D eigenvalue weighted by Crippen LogP contribution is -2.41. The first-order valence-electron chi connectivity index (χ1n) is 9.72. The molecule has 6 nitrogen and oxygen atoms in total. The highest BCUT2D eigenvalue weighted by Gasteiger charge is 2.34. The number of hydrogen-bond acceptors (Lipinski definition) is 5. The van der Waals surface area contributed by atoms with E-state index < -0.39 is 0 Å². The molecule has 1 N–H and O–H groups in total. The zero-order chi connectivity index (χ0) is 21.0. The number of methoxy groups -OCH3 is 3. The zero-order valence-corrected chi connectivity index (χ0v) is 17.7. The molecular formula is C23H29NO5. The first kappa shape index (κ1) is 20.8. The van der Waals surface area contributed by atoms with Gasteiger partial charge >= 0.3 is 0 Å². The Morgan fingerprint density at radius 3 is 2.52 bits per heavy atom. The second-order valence-corrected chi connectivity index (χ2v) is 7.78. The number of fused-ring (bicyclic) bond motifs is 1. The number of rotatable bonds is 7. The van der Waals surface area contributed by atoms with E-state index in [0.29, 0.717) is 30.8 Å². The van der Waals surface area contributed by atoms with Gasteiger partial charge in [0.05, 0.1) is 27.4 Å². The van der Waals surface area contributed by atoms with E-state index in [1.807, 2.05) is 50.2 Å². The molecule has 0 spiro atoms. The number of aryl methyl sites for hydroxylation is 1. The Bertz CT molecular complexity index is 878. The number of ether oxygens (including phenoxy) is 4. The molecular weight excluding hydrogens is 370 g/mol. The lowest BCUT2D eigenvalue weighted by atomic mass is 9.89. The van der Waals surface area contributed by atoms with Gasteiger partial charge in [0.15, 0.2) is 11.5 Å². The van der Waals surface area contributed by atoms with Crippen LogP contribution in [0.1, 0.15) is 43.9 Å². The fourth-order valence-electron chi connectivity index (χ4n) is 3.65. The molecule has 0 aliphatic carbocycles. The molecule has 0 saturated carbocycles. The van der Waals surface area contributed by atoms with Crippen LogP contribution in [0.15, 0.2) is 36.4 Å². The van der Waals surface area contributed by atoms with Crippen molar-refractivity contribution in [3.63, 3.8) is 0 Å². The smallest absolute Gasteiger partial charge is 0.220 e. The van der Waals surface area contributed by atoms with Crippen LogP contribution in [0.3, 0.4) is 0 Å². The Morgan fingerprint density at radius 2 is 1.83 bits per heavy atom. The summed E-state index contributed by atoms with van der Waals surface area (Å²) in [4.78, 5) is 12.7. The minimum Gasteiger partial charge on any atom is -0.497 e. The van der Waals surface area contributed by atoms with Gasteiger partial charge in [-0.3, -0.25) is 4.79 Å². The van der Waals surface area contributed by atoms with Crippen molar-refractivity contribution in [2.45, 2.75) is 44.8 Å². The van der Waals surface area contributed by atoms with Crippen molar-refractivity contribution >= 4 is 5.91 Å². The Labute approximate surface area is 172 Å². The Hall–Kier alpha value is -2.89. The normalized spacial score (nSPS) is 16.9. The lowest BCUT2D eigenvalue weighted by Gasteiger charge is -2.38. The van der Waals surface area contributed by atoms with Crippen molar-refractivity contribution in [3.05, 3.63) is 47.5 Å². The first-order valence-corrected chi connectivity index (χ1v) is 9.72. The third-order valence-corrected chi connectivity index (χ3v) is 5.10. The van der Waals surface area contributed by atoms with Crippen molar-refractivity contribution in [1.82, 2.24) is 5.32 Å². The predicted molar refractivity (Wildman–Crippen MR) is 111 cm³/mol. The van der Waals surface area contributed by atoms with E-state index in [9.17, 15) is 4.79 Å². The molecule has 0 bridgehead atoms. The second-order valence-electron chi connectivity index (χ2n) is 7.78. The van der Waals surface area contributed by atoms with E-state index in [2.05, 4.69) is 5.32 Å². The molecule has 0 fully saturated rings. The van der Waals surface area contributed by atoms with Gasteiger partial charge in [-0.15, -0.1) is 0 Å². The lowest BCUT2D eigenvalue weighted by molar-refractivity contribution is -0.122. The number of carbonyl (C=O) groups is 1. The Morgan fingerprint density at radius 1 is 1.07 bits per heavy atom. The van der Waals surface area contributed by atoms with E-state index >= 15 is 0 Å². The van der Waals surface area contributed by atoms with Gasteiger partial charge in [-0.2, -0.15) is 0 Å². The third kappa shape index (κ3) is 4.94. The van der Waals surface area contributed by atoms with Crippen LogP contribution in [-0.4, -0.2) is 32.8 Å². The van der Waals surface area contributed by atoms with Crippen molar-refractivity contribution in [3.8, 4) is 23.0 Å². The van der Waals surface area contributed by atoms with Gasteiger partial charge in [0.25, 0.3) is 0 Å². The highest BCUT2D eigenvalue weighted by Crippen LogP contribution is 2.41. The van der Waals surface area contributed by atoms with E-state index in [0.717, 1.165) is 22.6 Å². The maximum absolute atomic E-state index is 12.7. The van der Waals surface area contributed by atoms with Gasteiger partial charge < -0.3 is 24.3 Å². The van der Waals surface area contributed by atoms with Crippen LogP contribution >= 0.6 is 0 Å². The SMILES string of the molecule is COc1ccc2c(c1)OC(C)(C)C[C@H]2NC(=O)CCc1ccc(OC)c(OC)c1. The fourth-order valence-corrected chi connectivity index (χ4v) is 3.65. The van der Waals surface area contributed by atoms with Gasteiger partial charge in [-0.05, 0) is 50.1 Å². The van der Waals surface area contributed by atoms with Crippen LogP contribution in [0, 0.1) is 0 Å². The maximum Gasteiger partial charge on any atom is 0.220 e. The molecule has 1 heterocycles. The fraction of sp³-hybridized carbons (Fsp3) is 0.435. The molecule has 0 radical (unpaired) electrons. The summed E-state index contributed by atoms with van der Waals surface area (Å²) in [7, 11) is 4.84. The number of nitrogens with one attached hydrogen (secondary N) is 1. The van der Waals surface area contributed by atoms with Gasteiger partial charge in [-0.25, -0.2) is 0 Å². The zero-order valence-electron chi connectivity index (χ0n) is 17.7. The largest absolute Gasteiger partial charge is 0.497 e. The van der Waals surface area contributed by atoms with Gasteiger partial charge in [0.2, 0.25) is 5.91 Å². The highest BCUT2D eigenvalue weighted by molar-refractivity contribution is 5.77. The Kier molecular flexibility index (Phi) is 6.20. The van der Waals surface area contributed by atoms with Crippen LogP contribution in [0.25, 0.3) is 0 Å². The molecule has 0 unspecified atom stereocenters. The van der Waals surface area contributed by atoms with Crippen molar-refractivity contribution < 1.29 is 23.7 Å². The van der Waals surface area contributed by atoms with Crippen molar-refractivity contribution in [2.75, 3.05) is 21.3 Å². The summed E-state index contributed by atoms with van der Waals surface area (Å²) in [5, 5.41) is 3.17. The van der Waals surface area contributed by atoms with Crippen molar-refractivity contribution in [2.24, 2.45) is 0 Å². The third-order valence-electron chi connectivity index (χ3n) is 5.10. The average molecular weight is 399 g/mol. The van der Waals surface area contributed by atoms with Crippen LogP contribution in [-0.2, 0) is 11.2 Å². The number of hydrogen-bond donors (Lipinski definition) is 1. The quantitative estimate of drug-likeness (QED) is 0.760. The number of benzene rings is 2. The molecule has 156 valence electrons.